The molecule has 0 bridgehead atoms. The van der Waals surface area contributed by atoms with Crippen LogP contribution in [-0.2, 0) is 28.4 Å². The van der Waals surface area contributed by atoms with Gasteiger partial charge in [0, 0.05) is 12.6 Å². The zero-order valence-electron chi connectivity index (χ0n) is 16.1. The Morgan fingerprint density at radius 3 is 2.83 bits per heavy atom. The third kappa shape index (κ3) is 4.39. The average molecular weight is 417 g/mol. The monoisotopic (exact) mass is 417 g/mol. The summed E-state index contributed by atoms with van der Waals surface area (Å²) in [5.74, 6) is 0.574. The highest BCUT2D eigenvalue weighted by Crippen LogP contribution is 2.28. The fraction of sp³-hybridized carbons (Fsp3) is 0.421. The van der Waals surface area contributed by atoms with Crippen LogP contribution in [0.1, 0.15) is 37.8 Å². The first-order valence-corrected chi connectivity index (χ1v) is 11.1. The van der Waals surface area contributed by atoms with Gasteiger partial charge in [0.05, 0.1) is 35.1 Å². The molecule has 29 heavy (non-hydrogen) atoms. The van der Waals surface area contributed by atoms with Crippen molar-refractivity contribution in [3.63, 3.8) is 0 Å². The Morgan fingerprint density at radius 1 is 1.28 bits per heavy atom. The first-order chi connectivity index (χ1) is 13.9. The van der Waals surface area contributed by atoms with Gasteiger partial charge in [-0.15, -0.1) is 0 Å². The van der Waals surface area contributed by atoms with Crippen molar-refractivity contribution in [2.24, 2.45) is 12.2 Å². The van der Waals surface area contributed by atoms with Gasteiger partial charge < -0.3 is 9.26 Å². The normalized spacial score (nSPS) is 15.7. The minimum Gasteiger partial charge on any atom is -0.372 e. The highest BCUT2D eigenvalue weighted by Gasteiger charge is 2.21. The maximum atomic E-state index is 11.6. The number of primary sulfonamides is 1. The van der Waals surface area contributed by atoms with Crippen molar-refractivity contribution in [2.45, 2.75) is 49.7 Å². The van der Waals surface area contributed by atoms with Gasteiger partial charge in [0.25, 0.3) is 5.89 Å². The summed E-state index contributed by atoms with van der Waals surface area (Å²) in [6.07, 6.45) is 7.77. The molecule has 0 atom stereocenters. The lowest BCUT2D eigenvalue weighted by molar-refractivity contribution is 0.0140. The molecule has 1 fully saturated rings. The van der Waals surface area contributed by atoms with Crippen LogP contribution in [0.4, 0.5) is 0 Å². The van der Waals surface area contributed by atoms with E-state index >= 15 is 0 Å². The highest BCUT2D eigenvalue weighted by molar-refractivity contribution is 7.89. The fourth-order valence-corrected chi connectivity index (χ4v) is 4.06. The second-order valence-corrected chi connectivity index (χ2v) is 8.76. The number of benzene rings is 1. The van der Waals surface area contributed by atoms with Crippen molar-refractivity contribution >= 4 is 10.0 Å². The molecule has 0 aliphatic heterocycles. The number of sulfonamides is 1. The van der Waals surface area contributed by atoms with Crippen molar-refractivity contribution in [2.75, 3.05) is 0 Å². The van der Waals surface area contributed by atoms with Crippen LogP contribution in [0, 0.1) is 0 Å². The van der Waals surface area contributed by atoms with Crippen LogP contribution in [0.15, 0.2) is 39.9 Å². The van der Waals surface area contributed by atoms with Gasteiger partial charge in [-0.3, -0.25) is 4.68 Å². The SMILES string of the molecule is Cn1ncc(-c2nc(-c3cccc(S(N)(=O)=O)c3)no2)c1COC1CCCCC1. The molecule has 10 heteroatoms. The molecule has 1 aliphatic carbocycles. The lowest BCUT2D eigenvalue weighted by Gasteiger charge is -2.22. The van der Waals surface area contributed by atoms with Gasteiger partial charge in [-0.2, -0.15) is 10.1 Å². The second kappa shape index (κ2) is 8.05. The molecule has 0 saturated heterocycles. The van der Waals surface area contributed by atoms with E-state index in [4.69, 9.17) is 14.4 Å². The Hall–Kier alpha value is -2.56. The Kier molecular flexibility index (Phi) is 5.48. The molecule has 2 N–H and O–H groups in total. The van der Waals surface area contributed by atoms with Crippen molar-refractivity contribution in [3.8, 4) is 22.8 Å². The van der Waals surface area contributed by atoms with Crippen LogP contribution < -0.4 is 5.14 Å². The van der Waals surface area contributed by atoms with Crippen molar-refractivity contribution in [1.29, 1.82) is 0 Å². The zero-order chi connectivity index (χ0) is 20.4. The third-order valence-corrected chi connectivity index (χ3v) is 6.06. The van der Waals surface area contributed by atoms with Gasteiger partial charge in [-0.1, -0.05) is 36.6 Å². The van der Waals surface area contributed by atoms with Gasteiger partial charge in [0.2, 0.25) is 15.8 Å². The molecule has 1 saturated carbocycles. The lowest BCUT2D eigenvalue weighted by atomic mass is 9.98. The van der Waals surface area contributed by atoms with E-state index in [0.29, 0.717) is 23.6 Å². The number of nitrogens with two attached hydrogens (primary N) is 1. The maximum absolute atomic E-state index is 11.6. The Labute approximate surface area is 168 Å². The van der Waals surface area contributed by atoms with Crippen LogP contribution in [0.3, 0.4) is 0 Å². The topological polar surface area (TPSA) is 126 Å². The van der Waals surface area contributed by atoms with Crippen LogP contribution in [0.25, 0.3) is 22.8 Å². The van der Waals surface area contributed by atoms with Crippen LogP contribution >= 0.6 is 0 Å². The summed E-state index contributed by atoms with van der Waals surface area (Å²) in [5.41, 5.74) is 2.05. The summed E-state index contributed by atoms with van der Waals surface area (Å²) in [6, 6.07) is 6.11. The molecular weight excluding hydrogens is 394 g/mol. The van der Waals surface area contributed by atoms with Gasteiger partial charge in [-0.25, -0.2) is 13.6 Å². The smallest absolute Gasteiger partial charge is 0.261 e. The second-order valence-electron chi connectivity index (χ2n) is 7.20. The van der Waals surface area contributed by atoms with Gasteiger partial charge in [0.15, 0.2) is 0 Å². The first kappa shape index (κ1) is 19.7. The molecule has 3 aromatic rings. The zero-order valence-corrected chi connectivity index (χ0v) is 16.9. The Balaban J connectivity index is 1.57. The molecule has 0 amide bonds. The molecule has 0 unspecified atom stereocenters. The van der Waals surface area contributed by atoms with Gasteiger partial charge >= 0.3 is 0 Å². The molecule has 0 spiro atoms. The minimum absolute atomic E-state index is 0.00991. The molecule has 1 aromatic carbocycles. The summed E-state index contributed by atoms with van der Waals surface area (Å²) in [6.45, 7) is 0.412. The van der Waals surface area contributed by atoms with E-state index < -0.39 is 10.0 Å². The number of hydrogen-bond donors (Lipinski definition) is 1. The molecule has 2 aromatic heterocycles. The number of hydrogen-bond acceptors (Lipinski definition) is 7. The summed E-state index contributed by atoms with van der Waals surface area (Å²) in [5, 5.41) is 13.5. The number of rotatable bonds is 6. The first-order valence-electron chi connectivity index (χ1n) is 9.51. The van der Waals surface area contributed by atoms with E-state index in [9.17, 15) is 8.42 Å². The van der Waals surface area contributed by atoms with E-state index in [2.05, 4.69) is 15.2 Å². The van der Waals surface area contributed by atoms with E-state index in [1.807, 2.05) is 7.05 Å². The average Bonchev–Trinajstić information content (AvgIpc) is 3.33. The van der Waals surface area contributed by atoms with Gasteiger partial charge in [-0.05, 0) is 25.0 Å². The van der Waals surface area contributed by atoms with E-state index in [1.54, 1.807) is 23.0 Å². The highest BCUT2D eigenvalue weighted by atomic mass is 32.2. The summed E-state index contributed by atoms with van der Waals surface area (Å²) in [7, 11) is -1.97. The fourth-order valence-electron chi connectivity index (χ4n) is 3.50. The standard InChI is InChI=1S/C19H23N5O4S/c1-24-17(12-27-14-7-3-2-4-8-14)16(11-21-24)19-22-18(23-28-19)13-6-5-9-15(10-13)29(20,25)26/h5-6,9-11,14H,2-4,7-8,12H2,1H3,(H2,20,25,26). The Bertz CT molecular complexity index is 1100. The summed E-state index contributed by atoms with van der Waals surface area (Å²) in [4.78, 5) is 4.41. The molecule has 154 valence electrons. The predicted octanol–water partition coefficient (Wildman–Crippen LogP) is 2.63. The molecule has 4 rings (SSSR count). The maximum Gasteiger partial charge on any atom is 0.261 e. The van der Waals surface area contributed by atoms with Crippen LogP contribution in [0.2, 0.25) is 0 Å². The van der Waals surface area contributed by atoms with E-state index in [0.717, 1.165) is 18.5 Å². The number of ether oxygens (including phenoxy) is 1. The van der Waals surface area contributed by atoms with Gasteiger partial charge in [0.1, 0.15) is 0 Å². The summed E-state index contributed by atoms with van der Waals surface area (Å²) < 4.78 is 36.4. The molecule has 0 radical (unpaired) electrons. The molecule has 9 nitrogen and oxygen atoms in total. The minimum atomic E-state index is -3.82. The van der Waals surface area contributed by atoms with E-state index in [1.165, 1.54) is 31.4 Å². The number of aryl methyl sites for hydroxylation is 1. The lowest BCUT2D eigenvalue weighted by Crippen LogP contribution is -2.17. The third-order valence-electron chi connectivity index (χ3n) is 5.15. The summed E-state index contributed by atoms with van der Waals surface area (Å²) >= 11 is 0. The predicted molar refractivity (Wildman–Crippen MR) is 105 cm³/mol. The Morgan fingerprint density at radius 2 is 2.07 bits per heavy atom. The van der Waals surface area contributed by atoms with Crippen molar-refractivity contribution < 1.29 is 17.7 Å². The molecule has 2 heterocycles. The largest absolute Gasteiger partial charge is 0.372 e. The van der Waals surface area contributed by atoms with Crippen molar-refractivity contribution in [3.05, 3.63) is 36.2 Å². The van der Waals surface area contributed by atoms with Crippen LogP contribution in [-0.4, -0.2) is 34.4 Å². The molecule has 1 aliphatic rings. The molecular formula is C19H23N5O4S. The quantitative estimate of drug-likeness (QED) is 0.653. The van der Waals surface area contributed by atoms with E-state index in [-0.39, 0.29) is 16.8 Å². The number of aromatic nitrogens is 4. The van der Waals surface area contributed by atoms with Crippen LogP contribution in [0.5, 0.6) is 0 Å². The van der Waals surface area contributed by atoms with Crippen molar-refractivity contribution in [1.82, 2.24) is 19.9 Å². The number of nitrogens with zero attached hydrogens (tertiary/aromatic N) is 4.